The van der Waals surface area contributed by atoms with Gasteiger partial charge in [-0.05, 0) is 29.3 Å². The Hall–Kier alpha value is -3.65. The highest BCUT2D eigenvalue weighted by Crippen LogP contribution is 2.08. The SMILES string of the molecule is COC(=O)c1ccc(/C=c2/sc3nc(=O)c(Cc4ccccc4)nn3c2=O)cc1. The van der Waals surface area contributed by atoms with Crippen LogP contribution in [0.1, 0.15) is 27.2 Å². The molecule has 0 saturated carbocycles. The zero-order valence-corrected chi connectivity index (χ0v) is 16.2. The summed E-state index contributed by atoms with van der Waals surface area (Å²) < 4.78 is 6.23. The topological polar surface area (TPSA) is 90.6 Å². The smallest absolute Gasteiger partial charge is 0.337 e. The minimum atomic E-state index is -0.441. The molecule has 0 bridgehead atoms. The molecule has 0 spiro atoms. The van der Waals surface area contributed by atoms with Gasteiger partial charge in [-0.25, -0.2) is 4.79 Å². The summed E-state index contributed by atoms with van der Waals surface area (Å²) in [4.78, 5) is 40.8. The molecule has 8 heteroatoms. The van der Waals surface area contributed by atoms with Crippen LogP contribution in [-0.4, -0.2) is 27.7 Å². The van der Waals surface area contributed by atoms with Crippen LogP contribution < -0.4 is 15.7 Å². The van der Waals surface area contributed by atoms with E-state index in [9.17, 15) is 14.4 Å². The molecule has 0 N–H and O–H groups in total. The van der Waals surface area contributed by atoms with Crippen molar-refractivity contribution in [1.82, 2.24) is 14.6 Å². The number of hydrogen-bond donors (Lipinski definition) is 0. The molecule has 2 aromatic heterocycles. The molecule has 0 unspecified atom stereocenters. The van der Waals surface area contributed by atoms with Gasteiger partial charge in [0.25, 0.3) is 11.1 Å². The second-order valence-electron chi connectivity index (χ2n) is 6.25. The van der Waals surface area contributed by atoms with Crippen molar-refractivity contribution >= 4 is 28.3 Å². The predicted molar refractivity (Wildman–Crippen MR) is 109 cm³/mol. The van der Waals surface area contributed by atoms with Crippen molar-refractivity contribution in [3.05, 3.63) is 102 Å². The van der Waals surface area contributed by atoms with Crippen LogP contribution in [0.4, 0.5) is 0 Å². The number of rotatable bonds is 4. The second kappa shape index (κ2) is 7.76. The number of ether oxygens (including phenoxy) is 1. The van der Waals surface area contributed by atoms with Crippen LogP contribution in [0.5, 0.6) is 0 Å². The fraction of sp³-hybridized carbons (Fsp3) is 0.0952. The maximum atomic E-state index is 12.7. The summed E-state index contributed by atoms with van der Waals surface area (Å²) >= 11 is 1.09. The highest BCUT2D eigenvalue weighted by atomic mass is 32.1. The van der Waals surface area contributed by atoms with E-state index in [0.717, 1.165) is 22.5 Å². The van der Waals surface area contributed by atoms with Crippen molar-refractivity contribution in [1.29, 1.82) is 0 Å². The van der Waals surface area contributed by atoms with Crippen LogP contribution in [0.25, 0.3) is 11.0 Å². The molecule has 0 aliphatic carbocycles. The number of esters is 1. The molecule has 0 aliphatic rings. The Morgan fingerprint density at radius 3 is 2.52 bits per heavy atom. The number of carbonyl (C=O) groups is 1. The lowest BCUT2D eigenvalue weighted by atomic mass is 10.1. The van der Waals surface area contributed by atoms with E-state index in [-0.39, 0.29) is 16.2 Å². The van der Waals surface area contributed by atoms with E-state index in [4.69, 9.17) is 0 Å². The van der Waals surface area contributed by atoms with E-state index < -0.39 is 11.5 Å². The number of methoxy groups -OCH3 is 1. The number of aromatic nitrogens is 3. The summed E-state index contributed by atoms with van der Waals surface area (Å²) in [5, 5.41) is 4.24. The predicted octanol–water partition coefficient (Wildman–Crippen LogP) is 1.44. The van der Waals surface area contributed by atoms with Crippen LogP contribution in [-0.2, 0) is 11.2 Å². The molecule has 4 aromatic rings. The van der Waals surface area contributed by atoms with E-state index in [1.165, 1.54) is 11.6 Å². The van der Waals surface area contributed by atoms with Crippen molar-refractivity contribution in [2.45, 2.75) is 6.42 Å². The normalized spacial score (nSPS) is 11.7. The third-order valence-corrected chi connectivity index (χ3v) is 5.25. The van der Waals surface area contributed by atoms with Gasteiger partial charge in [0.2, 0.25) is 4.96 Å². The Balaban J connectivity index is 1.74. The van der Waals surface area contributed by atoms with Crippen molar-refractivity contribution in [2.75, 3.05) is 7.11 Å². The van der Waals surface area contributed by atoms with Gasteiger partial charge in [0, 0.05) is 6.42 Å². The van der Waals surface area contributed by atoms with Gasteiger partial charge in [0.15, 0.2) is 0 Å². The van der Waals surface area contributed by atoms with Crippen molar-refractivity contribution in [3.8, 4) is 0 Å². The molecule has 0 fully saturated rings. The standard InChI is InChI=1S/C21H15N3O4S/c1-28-20(27)15-9-7-14(8-10-15)12-17-19(26)24-21(29-17)22-18(25)16(23-24)11-13-5-3-2-4-6-13/h2-10,12H,11H2,1H3/b17-12+. The molecule has 29 heavy (non-hydrogen) atoms. The Morgan fingerprint density at radius 2 is 1.83 bits per heavy atom. The van der Waals surface area contributed by atoms with Crippen molar-refractivity contribution in [2.24, 2.45) is 0 Å². The number of thiazole rings is 1. The van der Waals surface area contributed by atoms with Crippen molar-refractivity contribution in [3.63, 3.8) is 0 Å². The number of fused-ring (bicyclic) bond motifs is 1. The average molecular weight is 405 g/mol. The third kappa shape index (κ3) is 3.83. The number of benzene rings is 2. The zero-order chi connectivity index (χ0) is 20.4. The van der Waals surface area contributed by atoms with Crippen LogP contribution in [0, 0.1) is 0 Å². The molecule has 2 heterocycles. The van der Waals surface area contributed by atoms with E-state index in [1.807, 2.05) is 30.3 Å². The van der Waals surface area contributed by atoms with Gasteiger partial charge >= 0.3 is 5.97 Å². The van der Waals surface area contributed by atoms with Gasteiger partial charge in [-0.1, -0.05) is 53.8 Å². The molecule has 0 atom stereocenters. The molecule has 0 aliphatic heterocycles. The summed E-state index contributed by atoms with van der Waals surface area (Å²) in [5.74, 6) is -0.430. The molecule has 7 nitrogen and oxygen atoms in total. The van der Waals surface area contributed by atoms with E-state index in [1.54, 1.807) is 30.3 Å². The highest BCUT2D eigenvalue weighted by Gasteiger charge is 2.12. The van der Waals surface area contributed by atoms with Gasteiger partial charge in [-0.2, -0.15) is 14.6 Å². The van der Waals surface area contributed by atoms with E-state index in [0.29, 0.717) is 16.5 Å². The first-order valence-corrected chi connectivity index (χ1v) is 9.53. The molecule has 144 valence electrons. The minimum Gasteiger partial charge on any atom is -0.465 e. The minimum absolute atomic E-state index is 0.220. The summed E-state index contributed by atoms with van der Waals surface area (Å²) in [5.41, 5.74) is 1.50. The largest absolute Gasteiger partial charge is 0.465 e. The summed E-state index contributed by atoms with van der Waals surface area (Å²) in [6, 6.07) is 16.1. The fourth-order valence-corrected chi connectivity index (χ4v) is 3.73. The summed E-state index contributed by atoms with van der Waals surface area (Å²) in [6.07, 6.45) is 1.98. The highest BCUT2D eigenvalue weighted by molar-refractivity contribution is 7.15. The molecule has 2 aromatic carbocycles. The lowest BCUT2D eigenvalue weighted by Gasteiger charge is -1.99. The van der Waals surface area contributed by atoms with Gasteiger partial charge in [0.05, 0.1) is 17.2 Å². The first-order chi connectivity index (χ1) is 14.0. The van der Waals surface area contributed by atoms with Gasteiger partial charge in [-0.15, -0.1) is 0 Å². The molecule has 0 amide bonds. The van der Waals surface area contributed by atoms with Crippen LogP contribution in [0.15, 0.2) is 64.2 Å². The Morgan fingerprint density at radius 1 is 1.10 bits per heavy atom. The van der Waals surface area contributed by atoms with Crippen LogP contribution in [0.3, 0.4) is 0 Å². The lowest BCUT2D eigenvalue weighted by molar-refractivity contribution is 0.0600. The van der Waals surface area contributed by atoms with E-state index in [2.05, 4.69) is 14.8 Å². The molecule has 0 saturated heterocycles. The molecule has 0 radical (unpaired) electrons. The second-order valence-corrected chi connectivity index (χ2v) is 7.26. The first kappa shape index (κ1) is 18.7. The van der Waals surface area contributed by atoms with E-state index >= 15 is 0 Å². The van der Waals surface area contributed by atoms with Gasteiger partial charge in [-0.3, -0.25) is 9.59 Å². The average Bonchev–Trinajstić information content (AvgIpc) is 3.03. The van der Waals surface area contributed by atoms with Crippen LogP contribution in [0.2, 0.25) is 0 Å². The number of nitrogens with zero attached hydrogens (tertiary/aromatic N) is 3. The molecular formula is C21H15N3O4S. The number of carbonyl (C=O) groups excluding carboxylic acids is 1. The maximum Gasteiger partial charge on any atom is 0.337 e. The first-order valence-electron chi connectivity index (χ1n) is 8.72. The summed E-state index contributed by atoms with van der Waals surface area (Å²) in [6.45, 7) is 0. The third-order valence-electron chi connectivity index (χ3n) is 4.29. The zero-order valence-electron chi connectivity index (χ0n) is 15.4. The Kier molecular flexibility index (Phi) is 5.01. The quantitative estimate of drug-likeness (QED) is 0.477. The van der Waals surface area contributed by atoms with Crippen LogP contribution >= 0.6 is 11.3 Å². The van der Waals surface area contributed by atoms with Gasteiger partial charge < -0.3 is 4.74 Å². The van der Waals surface area contributed by atoms with Gasteiger partial charge in [0.1, 0.15) is 5.69 Å². The fourth-order valence-electron chi connectivity index (χ4n) is 2.83. The monoisotopic (exact) mass is 405 g/mol. The maximum absolute atomic E-state index is 12.7. The Labute approximate surface area is 168 Å². The Bertz CT molecular complexity index is 1360. The lowest BCUT2D eigenvalue weighted by Crippen LogP contribution is -2.28. The number of hydrogen-bond acceptors (Lipinski definition) is 7. The summed E-state index contributed by atoms with van der Waals surface area (Å²) in [7, 11) is 1.32. The van der Waals surface area contributed by atoms with Crippen molar-refractivity contribution < 1.29 is 9.53 Å². The molecule has 4 rings (SSSR count). The molecular weight excluding hydrogens is 390 g/mol.